The number of amidine groups is 1. The molecule has 0 heterocycles. The van der Waals surface area contributed by atoms with Gasteiger partial charge in [-0.3, -0.25) is 4.18 Å². The Labute approximate surface area is 148 Å². The van der Waals surface area contributed by atoms with E-state index in [1.807, 2.05) is 52.0 Å². The molecule has 1 aromatic rings. The van der Waals surface area contributed by atoms with E-state index in [9.17, 15) is 4.21 Å². The van der Waals surface area contributed by atoms with Crippen molar-refractivity contribution in [2.45, 2.75) is 63.9 Å². The number of aliphatic imine (C=N–C) groups is 1. The zero-order valence-electron chi connectivity index (χ0n) is 15.2. The molecule has 1 unspecified atom stereocenters. The molecule has 0 aliphatic rings. The molecule has 24 heavy (non-hydrogen) atoms. The van der Waals surface area contributed by atoms with Crippen LogP contribution in [0.2, 0.25) is 0 Å². The minimum atomic E-state index is -1.37. The van der Waals surface area contributed by atoms with E-state index in [4.69, 9.17) is 14.7 Å². The number of ether oxygens (including phenoxy) is 1. The molecule has 0 fully saturated rings. The van der Waals surface area contributed by atoms with E-state index in [0.717, 1.165) is 31.2 Å². The number of rotatable bonds is 9. The molecule has 136 valence electrons. The quantitative estimate of drug-likeness (QED) is 0.417. The molecule has 1 rings (SSSR count). The summed E-state index contributed by atoms with van der Waals surface area (Å²) in [5.74, 6) is 0. The lowest BCUT2D eigenvalue weighted by atomic mass is 10.2. The van der Waals surface area contributed by atoms with E-state index in [2.05, 4.69) is 4.99 Å². The van der Waals surface area contributed by atoms with Crippen LogP contribution in [0.25, 0.3) is 0 Å². The fourth-order valence-electron chi connectivity index (χ4n) is 1.95. The number of benzene rings is 1. The van der Waals surface area contributed by atoms with Gasteiger partial charge in [-0.15, -0.1) is 0 Å². The molecular formula is C18H30N2O3S. The average molecular weight is 355 g/mol. The van der Waals surface area contributed by atoms with Crippen molar-refractivity contribution in [2.24, 2.45) is 10.7 Å². The van der Waals surface area contributed by atoms with Gasteiger partial charge in [-0.1, -0.05) is 30.5 Å². The Kier molecular flexibility index (Phi) is 9.00. The topological polar surface area (TPSA) is 73.9 Å². The first-order valence-corrected chi connectivity index (χ1v) is 9.46. The molecule has 0 aliphatic carbocycles. The summed E-state index contributed by atoms with van der Waals surface area (Å²) in [7, 11) is 0. The van der Waals surface area contributed by atoms with Gasteiger partial charge in [-0.2, -0.15) is 0 Å². The summed E-state index contributed by atoms with van der Waals surface area (Å²) in [5.41, 5.74) is 6.53. The van der Waals surface area contributed by atoms with Crippen molar-refractivity contribution < 1.29 is 13.1 Å². The molecule has 0 spiro atoms. The van der Waals surface area contributed by atoms with Crippen LogP contribution in [0.3, 0.4) is 0 Å². The Hall–Kier alpha value is -1.40. The second-order valence-corrected chi connectivity index (χ2v) is 7.89. The summed E-state index contributed by atoms with van der Waals surface area (Å²) >= 11 is -1.37. The van der Waals surface area contributed by atoms with Gasteiger partial charge in [0, 0.05) is 6.54 Å². The van der Waals surface area contributed by atoms with Gasteiger partial charge >= 0.3 is 0 Å². The third-order valence-electron chi connectivity index (χ3n) is 3.13. The Bertz CT molecular complexity index is 536. The molecule has 5 nitrogen and oxygen atoms in total. The Morgan fingerprint density at radius 1 is 1.12 bits per heavy atom. The van der Waals surface area contributed by atoms with E-state index in [-0.39, 0.29) is 11.6 Å². The van der Waals surface area contributed by atoms with Crippen LogP contribution in [0, 0.1) is 6.92 Å². The highest BCUT2D eigenvalue weighted by atomic mass is 32.2. The minimum Gasteiger partial charge on any atom is -0.460 e. The molecule has 0 aromatic heterocycles. The second kappa shape index (κ2) is 10.5. The number of hydrogen-bond acceptors (Lipinski definition) is 4. The van der Waals surface area contributed by atoms with Crippen LogP contribution in [0.4, 0.5) is 0 Å². The molecule has 0 radical (unpaired) electrons. The van der Waals surface area contributed by atoms with Gasteiger partial charge in [-0.25, -0.2) is 9.20 Å². The number of hydrogen-bond donors (Lipinski definition) is 1. The van der Waals surface area contributed by atoms with Crippen molar-refractivity contribution in [3.63, 3.8) is 0 Å². The second-order valence-electron chi connectivity index (χ2n) is 6.72. The van der Waals surface area contributed by atoms with Gasteiger partial charge in [-0.05, 0) is 52.7 Å². The van der Waals surface area contributed by atoms with Crippen LogP contribution in [0.15, 0.2) is 34.2 Å². The summed E-state index contributed by atoms with van der Waals surface area (Å²) in [6, 6.07) is 7.80. The Balaban J connectivity index is 2.07. The maximum Gasteiger partial charge on any atom is 0.282 e. The van der Waals surface area contributed by atoms with Crippen LogP contribution in [0.5, 0.6) is 0 Å². The number of nitrogens with two attached hydrogens (primary N) is 1. The van der Waals surface area contributed by atoms with Crippen molar-refractivity contribution >= 4 is 17.1 Å². The van der Waals surface area contributed by atoms with Crippen molar-refractivity contribution in [3.05, 3.63) is 29.8 Å². The molecule has 0 aliphatic heterocycles. The van der Waals surface area contributed by atoms with Crippen molar-refractivity contribution in [3.8, 4) is 0 Å². The fourth-order valence-corrected chi connectivity index (χ4v) is 2.72. The zero-order valence-corrected chi connectivity index (χ0v) is 16.0. The van der Waals surface area contributed by atoms with Crippen LogP contribution in [0.1, 0.15) is 52.0 Å². The molecule has 0 saturated carbocycles. The number of unbranched alkanes of at least 4 members (excludes halogenated alkanes) is 3. The van der Waals surface area contributed by atoms with E-state index in [1.165, 1.54) is 0 Å². The predicted octanol–water partition coefficient (Wildman–Crippen LogP) is 3.72. The zero-order chi connectivity index (χ0) is 18.0. The van der Waals surface area contributed by atoms with Crippen molar-refractivity contribution in [1.82, 2.24) is 0 Å². The van der Waals surface area contributed by atoms with Gasteiger partial charge in [0.25, 0.3) is 6.02 Å². The maximum atomic E-state index is 11.9. The standard InChI is InChI=1S/C18H30N2O3S/c1-15-9-11-16(12-10-15)24(21)22-14-8-6-5-7-13-20-17(19)23-18(2,3)4/h9-12H,5-8,13-14H2,1-4H3,(H2,19,20). The highest BCUT2D eigenvalue weighted by molar-refractivity contribution is 7.80. The van der Waals surface area contributed by atoms with Gasteiger partial charge < -0.3 is 10.5 Å². The first-order valence-electron chi connectivity index (χ1n) is 8.38. The van der Waals surface area contributed by atoms with E-state index in [0.29, 0.717) is 18.0 Å². The van der Waals surface area contributed by atoms with Crippen LogP contribution in [-0.2, 0) is 20.0 Å². The molecule has 6 heteroatoms. The third-order valence-corrected chi connectivity index (χ3v) is 4.17. The fraction of sp³-hybridized carbons (Fsp3) is 0.611. The molecule has 0 amide bonds. The highest BCUT2D eigenvalue weighted by Crippen LogP contribution is 2.10. The Morgan fingerprint density at radius 3 is 2.38 bits per heavy atom. The first-order chi connectivity index (χ1) is 11.3. The summed E-state index contributed by atoms with van der Waals surface area (Å²) in [6.45, 7) is 8.99. The molecule has 0 bridgehead atoms. The largest absolute Gasteiger partial charge is 0.460 e. The number of aryl methyl sites for hydroxylation is 1. The summed E-state index contributed by atoms with van der Waals surface area (Å²) in [5, 5.41) is 0. The monoisotopic (exact) mass is 354 g/mol. The maximum absolute atomic E-state index is 11.9. The van der Waals surface area contributed by atoms with E-state index >= 15 is 0 Å². The lowest BCUT2D eigenvalue weighted by molar-refractivity contribution is 0.113. The van der Waals surface area contributed by atoms with Crippen LogP contribution in [-0.4, -0.2) is 29.0 Å². The Morgan fingerprint density at radius 2 is 1.75 bits per heavy atom. The highest BCUT2D eigenvalue weighted by Gasteiger charge is 2.12. The van der Waals surface area contributed by atoms with Gasteiger partial charge in [0.1, 0.15) is 5.60 Å². The van der Waals surface area contributed by atoms with E-state index < -0.39 is 11.1 Å². The van der Waals surface area contributed by atoms with Gasteiger partial charge in [0.15, 0.2) is 11.1 Å². The van der Waals surface area contributed by atoms with Crippen molar-refractivity contribution in [1.29, 1.82) is 0 Å². The summed E-state index contributed by atoms with van der Waals surface area (Å²) in [6.07, 6.45) is 3.89. The van der Waals surface area contributed by atoms with E-state index in [1.54, 1.807) is 0 Å². The normalized spacial score (nSPS) is 13.8. The van der Waals surface area contributed by atoms with Crippen LogP contribution >= 0.6 is 0 Å². The molecule has 1 aromatic carbocycles. The third kappa shape index (κ3) is 9.67. The smallest absolute Gasteiger partial charge is 0.282 e. The van der Waals surface area contributed by atoms with Gasteiger partial charge in [0.2, 0.25) is 0 Å². The van der Waals surface area contributed by atoms with Gasteiger partial charge in [0.05, 0.1) is 11.5 Å². The van der Waals surface area contributed by atoms with Crippen LogP contribution < -0.4 is 5.73 Å². The lowest BCUT2D eigenvalue weighted by Gasteiger charge is -2.19. The first kappa shape index (κ1) is 20.6. The minimum absolute atomic E-state index is 0.249. The molecular weight excluding hydrogens is 324 g/mol. The summed E-state index contributed by atoms with van der Waals surface area (Å²) < 4.78 is 22.7. The summed E-state index contributed by atoms with van der Waals surface area (Å²) in [4.78, 5) is 4.91. The average Bonchev–Trinajstić information content (AvgIpc) is 2.48. The van der Waals surface area contributed by atoms with Crippen molar-refractivity contribution in [2.75, 3.05) is 13.2 Å². The lowest BCUT2D eigenvalue weighted by Crippen LogP contribution is -2.29. The number of nitrogens with zero attached hydrogens (tertiary/aromatic N) is 1. The molecule has 2 N–H and O–H groups in total. The molecule has 1 atom stereocenters. The SMILES string of the molecule is Cc1ccc(S(=O)OCCCCCCN=C(N)OC(C)(C)C)cc1. The predicted molar refractivity (Wildman–Crippen MR) is 99.3 cm³/mol. The molecule has 0 saturated heterocycles.